The number of nitrogens with zero attached hydrogens (tertiary/aromatic N) is 3. The summed E-state index contributed by atoms with van der Waals surface area (Å²) in [4.78, 5) is 9.67. The summed E-state index contributed by atoms with van der Waals surface area (Å²) in [5.74, 6) is 2.00. The number of para-hydroxylation sites is 1. The Bertz CT molecular complexity index is 1960. The second-order valence-electron chi connectivity index (χ2n) is 10.5. The maximum absolute atomic E-state index is 10.5. The number of furan rings is 1. The lowest BCUT2D eigenvalue weighted by atomic mass is 9.87. The summed E-state index contributed by atoms with van der Waals surface area (Å²) in [7, 11) is 0. The molecule has 38 heavy (non-hydrogen) atoms. The van der Waals surface area contributed by atoms with Crippen LogP contribution in [0.4, 0.5) is 0 Å². The standard InChI is InChI=1S/C32H25N3O3/c1-32(2,3)19-16-28(35-24-10-5-4-8-21(24)22-9-7-15-33-31(22)35)34-29(17-19)37-20-13-14-26-23(18-20)30-25(36)11-6-12-27(30)38-26/h4-18,36H,1-3H3. The van der Waals surface area contributed by atoms with Crippen molar-refractivity contribution in [2.45, 2.75) is 26.2 Å². The highest BCUT2D eigenvalue weighted by atomic mass is 16.5. The number of ether oxygens (including phenoxy) is 1. The predicted molar refractivity (Wildman–Crippen MR) is 151 cm³/mol. The largest absolute Gasteiger partial charge is 0.507 e. The minimum Gasteiger partial charge on any atom is -0.507 e. The van der Waals surface area contributed by atoms with E-state index < -0.39 is 0 Å². The summed E-state index contributed by atoms with van der Waals surface area (Å²) in [5, 5.41) is 14.1. The zero-order chi connectivity index (χ0) is 26.0. The molecule has 0 bridgehead atoms. The third kappa shape index (κ3) is 3.49. The fourth-order valence-electron chi connectivity index (χ4n) is 5.09. The molecule has 1 N–H and O–H groups in total. The van der Waals surface area contributed by atoms with Crippen molar-refractivity contribution in [1.29, 1.82) is 0 Å². The monoisotopic (exact) mass is 499 g/mol. The Hall–Kier alpha value is -4.84. The van der Waals surface area contributed by atoms with E-state index in [4.69, 9.17) is 19.1 Å². The van der Waals surface area contributed by atoms with Crippen LogP contribution in [-0.4, -0.2) is 19.6 Å². The Balaban J connectivity index is 1.41. The molecule has 0 spiro atoms. The minimum atomic E-state index is -0.140. The Morgan fingerprint density at radius 1 is 0.816 bits per heavy atom. The summed E-state index contributed by atoms with van der Waals surface area (Å²) in [6.45, 7) is 6.52. The molecule has 0 unspecified atom stereocenters. The van der Waals surface area contributed by atoms with Gasteiger partial charge in [0.2, 0.25) is 5.88 Å². The van der Waals surface area contributed by atoms with Crippen LogP contribution in [0.3, 0.4) is 0 Å². The molecular formula is C32H25N3O3. The first kappa shape index (κ1) is 22.4. The average molecular weight is 500 g/mol. The fraction of sp³-hybridized carbons (Fsp3) is 0.125. The van der Waals surface area contributed by atoms with E-state index in [1.165, 1.54) is 0 Å². The first-order chi connectivity index (χ1) is 18.4. The highest BCUT2D eigenvalue weighted by Crippen LogP contribution is 2.38. The van der Waals surface area contributed by atoms with Gasteiger partial charge < -0.3 is 14.3 Å². The number of hydrogen-bond donors (Lipinski definition) is 1. The molecule has 0 atom stereocenters. The topological polar surface area (TPSA) is 73.3 Å². The fourth-order valence-corrected chi connectivity index (χ4v) is 5.09. The second kappa shape index (κ2) is 8.08. The SMILES string of the molecule is CC(C)(C)c1cc(Oc2ccc3oc4cccc(O)c4c3c2)nc(-n2c3ccccc3c3cccnc32)c1. The lowest BCUT2D eigenvalue weighted by Gasteiger charge is -2.21. The molecular weight excluding hydrogens is 474 g/mol. The van der Waals surface area contributed by atoms with Crippen LogP contribution in [-0.2, 0) is 5.41 Å². The minimum absolute atomic E-state index is 0.140. The number of rotatable bonds is 3. The number of phenols is 1. The van der Waals surface area contributed by atoms with Crippen LogP contribution in [0.15, 0.2) is 95.5 Å². The van der Waals surface area contributed by atoms with E-state index in [1.54, 1.807) is 12.1 Å². The normalized spacial score (nSPS) is 12.2. The zero-order valence-corrected chi connectivity index (χ0v) is 21.3. The maximum atomic E-state index is 10.5. The van der Waals surface area contributed by atoms with Crippen molar-refractivity contribution < 1.29 is 14.3 Å². The van der Waals surface area contributed by atoms with Gasteiger partial charge in [-0.2, -0.15) is 4.98 Å². The van der Waals surface area contributed by atoms with Crippen LogP contribution < -0.4 is 4.74 Å². The highest BCUT2D eigenvalue weighted by molar-refractivity contribution is 6.09. The summed E-state index contributed by atoms with van der Waals surface area (Å²) < 4.78 is 14.4. The number of fused-ring (bicyclic) bond motifs is 6. The van der Waals surface area contributed by atoms with Crippen LogP contribution in [0, 0.1) is 0 Å². The van der Waals surface area contributed by atoms with Gasteiger partial charge in [0.1, 0.15) is 34.1 Å². The van der Waals surface area contributed by atoms with Crippen molar-refractivity contribution in [2.75, 3.05) is 0 Å². The molecule has 0 amide bonds. The summed E-state index contributed by atoms with van der Waals surface area (Å²) >= 11 is 0. The van der Waals surface area contributed by atoms with E-state index in [0.29, 0.717) is 28.2 Å². The van der Waals surface area contributed by atoms with Gasteiger partial charge in [-0.05, 0) is 65.6 Å². The quantitative estimate of drug-likeness (QED) is 0.265. The van der Waals surface area contributed by atoms with E-state index in [9.17, 15) is 5.11 Å². The van der Waals surface area contributed by atoms with Crippen LogP contribution >= 0.6 is 0 Å². The highest BCUT2D eigenvalue weighted by Gasteiger charge is 2.21. The van der Waals surface area contributed by atoms with E-state index in [1.807, 2.05) is 54.7 Å². The molecule has 0 aliphatic rings. The smallest absolute Gasteiger partial charge is 0.221 e. The van der Waals surface area contributed by atoms with Crippen molar-refractivity contribution in [3.8, 4) is 23.2 Å². The van der Waals surface area contributed by atoms with Gasteiger partial charge >= 0.3 is 0 Å². The van der Waals surface area contributed by atoms with Gasteiger partial charge in [0.15, 0.2) is 0 Å². The van der Waals surface area contributed by atoms with Crippen molar-refractivity contribution in [3.63, 3.8) is 0 Å². The average Bonchev–Trinajstić information content (AvgIpc) is 3.44. The molecule has 7 rings (SSSR count). The summed E-state index contributed by atoms with van der Waals surface area (Å²) in [5.41, 5.74) is 4.14. The maximum Gasteiger partial charge on any atom is 0.221 e. The number of aromatic nitrogens is 3. The molecule has 4 heterocycles. The molecule has 0 fully saturated rings. The van der Waals surface area contributed by atoms with E-state index >= 15 is 0 Å². The molecule has 4 aromatic heterocycles. The van der Waals surface area contributed by atoms with Crippen LogP contribution in [0.5, 0.6) is 17.4 Å². The van der Waals surface area contributed by atoms with E-state index in [0.717, 1.165) is 38.7 Å². The van der Waals surface area contributed by atoms with Gasteiger partial charge in [-0.15, -0.1) is 0 Å². The van der Waals surface area contributed by atoms with Gasteiger partial charge in [0, 0.05) is 28.4 Å². The number of benzene rings is 3. The van der Waals surface area contributed by atoms with Crippen molar-refractivity contribution in [2.24, 2.45) is 0 Å². The molecule has 6 nitrogen and oxygen atoms in total. The number of hydrogen-bond acceptors (Lipinski definition) is 5. The van der Waals surface area contributed by atoms with E-state index in [2.05, 4.69) is 49.6 Å². The Morgan fingerprint density at radius 3 is 2.53 bits per heavy atom. The molecule has 3 aromatic carbocycles. The molecule has 0 aliphatic carbocycles. The number of phenolic OH excluding ortho intramolecular Hbond substituents is 1. The zero-order valence-electron chi connectivity index (χ0n) is 21.3. The van der Waals surface area contributed by atoms with Gasteiger partial charge in [-0.25, -0.2) is 4.98 Å². The molecule has 7 aromatic rings. The Labute approximate surface area is 218 Å². The Morgan fingerprint density at radius 2 is 1.66 bits per heavy atom. The molecule has 0 saturated carbocycles. The third-order valence-corrected chi connectivity index (χ3v) is 6.98. The molecule has 0 aliphatic heterocycles. The van der Waals surface area contributed by atoms with Gasteiger partial charge in [-0.3, -0.25) is 4.57 Å². The van der Waals surface area contributed by atoms with Crippen molar-refractivity contribution >= 4 is 43.9 Å². The lowest BCUT2D eigenvalue weighted by molar-refractivity contribution is 0.458. The first-order valence-corrected chi connectivity index (χ1v) is 12.6. The lowest BCUT2D eigenvalue weighted by Crippen LogP contribution is -2.13. The predicted octanol–water partition coefficient (Wildman–Crippen LogP) is 8.27. The summed E-state index contributed by atoms with van der Waals surface area (Å²) in [6.07, 6.45) is 1.81. The molecule has 6 heteroatoms. The summed E-state index contributed by atoms with van der Waals surface area (Å²) in [6, 6.07) is 27.3. The Kier molecular flexibility index (Phi) is 4.76. The molecule has 186 valence electrons. The first-order valence-electron chi connectivity index (χ1n) is 12.6. The van der Waals surface area contributed by atoms with E-state index in [-0.39, 0.29) is 11.2 Å². The van der Waals surface area contributed by atoms with Crippen LogP contribution in [0.25, 0.3) is 49.7 Å². The number of pyridine rings is 2. The van der Waals surface area contributed by atoms with Gasteiger partial charge in [0.05, 0.1) is 10.9 Å². The van der Waals surface area contributed by atoms with Gasteiger partial charge in [-0.1, -0.05) is 45.0 Å². The van der Waals surface area contributed by atoms with Gasteiger partial charge in [0.25, 0.3) is 0 Å². The molecule has 0 saturated heterocycles. The van der Waals surface area contributed by atoms with Crippen molar-refractivity contribution in [1.82, 2.24) is 14.5 Å². The second-order valence-corrected chi connectivity index (χ2v) is 10.5. The number of aromatic hydroxyl groups is 1. The van der Waals surface area contributed by atoms with Crippen LogP contribution in [0.1, 0.15) is 26.3 Å². The third-order valence-electron chi connectivity index (χ3n) is 6.98. The van der Waals surface area contributed by atoms with Crippen LogP contribution in [0.2, 0.25) is 0 Å². The van der Waals surface area contributed by atoms with Crippen molar-refractivity contribution in [3.05, 3.63) is 96.7 Å². The molecule has 0 radical (unpaired) electrons.